The Hall–Kier alpha value is -1.52. The van der Waals surface area contributed by atoms with Crippen LogP contribution in [0.15, 0.2) is 12.7 Å². The van der Waals surface area contributed by atoms with Crippen LogP contribution in [0.5, 0.6) is 0 Å². The quantitative estimate of drug-likeness (QED) is 0.121. The van der Waals surface area contributed by atoms with Crippen molar-refractivity contribution >= 4 is 12.1 Å². The Labute approximate surface area is 185 Å². The molecule has 0 aliphatic rings. The van der Waals surface area contributed by atoms with Gasteiger partial charge in [0.2, 0.25) is 0 Å². The van der Waals surface area contributed by atoms with Crippen LogP contribution in [0.2, 0.25) is 0 Å². The Balaban J connectivity index is 3.57. The van der Waals surface area contributed by atoms with Gasteiger partial charge in [0.25, 0.3) is 0 Å². The number of rotatable bonds is 21. The van der Waals surface area contributed by atoms with Gasteiger partial charge in [-0.1, -0.05) is 116 Å². The van der Waals surface area contributed by atoms with Gasteiger partial charge in [-0.05, 0) is 12.8 Å². The molecule has 0 aliphatic heterocycles. The zero-order valence-electron chi connectivity index (χ0n) is 19.7. The zero-order valence-corrected chi connectivity index (χ0v) is 19.7. The van der Waals surface area contributed by atoms with E-state index in [0.717, 1.165) is 19.3 Å². The Kier molecular flexibility index (Phi) is 21.0. The maximum absolute atomic E-state index is 12.2. The molecule has 1 N–H and O–H groups in total. The van der Waals surface area contributed by atoms with Crippen LogP contribution in [0.4, 0.5) is 4.79 Å². The summed E-state index contributed by atoms with van der Waals surface area (Å²) in [6.07, 6.45) is 20.4. The number of carbonyl (C=O) groups is 2. The van der Waals surface area contributed by atoms with Crippen LogP contribution in [0.3, 0.4) is 0 Å². The monoisotopic (exact) mass is 425 g/mol. The molecule has 0 aromatic carbocycles. The largest absolute Gasteiger partial charge is 0.464 e. The van der Waals surface area contributed by atoms with E-state index in [2.05, 4.69) is 18.8 Å². The molecule has 0 aromatic heterocycles. The average Bonchev–Trinajstić information content (AvgIpc) is 2.74. The highest BCUT2D eigenvalue weighted by Gasteiger charge is 2.21. The smallest absolute Gasteiger partial charge is 0.408 e. The molecular weight excluding hydrogens is 378 g/mol. The van der Waals surface area contributed by atoms with Crippen LogP contribution in [-0.4, -0.2) is 31.3 Å². The van der Waals surface area contributed by atoms with Crippen LogP contribution < -0.4 is 5.32 Å². The maximum atomic E-state index is 12.2. The summed E-state index contributed by atoms with van der Waals surface area (Å²) in [5.41, 5.74) is 0. The number of nitrogens with one attached hydrogen (secondary N) is 1. The molecule has 0 fully saturated rings. The summed E-state index contributed by atoms with van der Waals surface area (Å²) < 4.78 is 10.2. The van der Waals surface area contributed by atoms with Gasteiger partial charge in [0.15, 0.2) is 0 Å². The first-order chi connectivity index (χ1) is 14.7. The number of alkyl carbamates (subject to hydrolysis) is 1. The van der Waals surface area contributed by atoms with E-state index in [9.17, 15) is 9.59 Å². The van der Waals surface area contributed by atoms with Gasteiger partial charge in [0.1, 0.15) is 12.6 Å². The minimum atomic E-state index is -0.640. The fourth-order valence-corrected chi connectivity index (χ4v) is 3.43. The summed E-state index contributed by atoms with van der Waals surface area (Å²) in [5, 5.41) is 2.57. The summed E-state index contributed by atoms with van der Waals surface area (Å²) in [5.74, 6) is -0.373. The summed E-state index contributed by atoms with van der Waals surface area (Å²) in [6, 6.07) is -0.640. The minimum Gasteiger partial charge on any atom is -0.464 e. The molecule has 30 heavy (non-hydrogen) atoms. The van der Waals surface area contributed by atoms with Crippen molar-refractivity contribution in [2.24, 2.45) is 0 Å². The summed E-state index contributed by atoms with van der Waals surface area (Å²) in [6.45, 7) is 8.26. The number of hydrogen-bond donors (Lipinski definition) is 1. The third-order valence-electron chi connectivity index (χ3n) is 5.23. The summed E-state index contributed by atoms with van der Waals surface area (Å²) in [4.78, 5) is 23.8. The number of esters is 1. The summed E-state index contributed by atoms with van der Waals surface area (Å²) in [7, 11) is 0. The van der Waals surface area contributed by atoms with Crippen molar-refractivity contribution in [1.29, 1.82) is 0 Å². The third kappa shape index (κ3) is 18.5. The van der Waals surface area contributed by atoms with Crippen LogP contribution in [-0.2, 0) is 14.3 Å². The van der Waals surface area contributed by atoms with E-state index in [-0.39, 0.29) is 12.6 Å². The Morgan fingerprint density at radius 3 is 1.73 bits per heavy atom. The summed E-state index contributed by atoms with van der Waals surface area (Å²) >= 11 is 0. The average molecular weight is 426 g/mol. The SMILES string of the molecule is C=CCOC(=O)NC(CCC)C(=O)OCCCCCCCCCCCCCCCC. The third-order valence-corrected chi connectivity index (χ3v) is 5.23. The molecule has 0 saturated carbocycles. The second-order valence-electron chi connectivity index (χ2n) is 8.14. The molecule has 5 heteroatoms. The van der Waals surface area contributed by atoms with E-state index in [4.69, 9.17) is 9.47 Å². The van der Waals surface area contributed by atoms with E-state index in [1.54, 1.807) is 0 Å². The molecule has 1 amide bonds. The lowest BCUT2D eigenvalue weighted by atomic mass is 10.0. The molecule has 0 saturated heterocycles. The maximum Gasteiger partial charge on any atom is 0.408 e. The predicted octanol–water partition coefficient (Wildman–Crippen LogP) is 7.09. The predicted molar refractivity (Wildman–Crippen MR) is 125 cm³/mol. The van der Waals surface area contributed by atoms with Crippen molar-refractivity contribution in [3.05, 3.63) is 12.7 Å². The topological polar surface area (TPSA) is 64.6 Å². The second-order valence-corrected chi connectivity index (χ2v) is 8.14. The van der Waals surface area contributed by atoms with Crippen molar-refractivity contribution in [2.45, 2.75) is 123 Å². The van der Waals surface area contributed by atoms with E-state index in [1.807, 2.05) is 6.92 Å². The lowest BCUT2D eigenvalue weighted by Crippen LogP contribution is -2.42. The van der Waals surface area contributed by atoms with Gasteiger partial charge in [-0.15, -0.1) is 0 Å². The van der Waals surface area contributed by atoms with Crippen molar-refractivity contribution < 1.29 is 19.1 Å². The van der Waals surface area contributed by atoms with Crippen molar-refractivity contribution in [1.82, 2.24) is 5.32 Å². The number of carbonyl (C=O) groups excluding carboxylic acids is 2. The van der Waals surface area contributed by atoms with E-state index < -0.39 is 12.1 Å². The van der Waals surface area contributed by atoms with E-state index in [0.29, 0.717) is 13.0 Å². The van der Waals surface area contributed by atoms with Crippen molar-refractivity contribution in [3.63, 3.8) is 0 Å². The molecule has 0 radical (unpaired) electrons. The van der Waals surface area contributed by atoms with Gasteiger partial charge < -0.3 is 14.8 Å². The molecule has 176 valence electrons. The van der Waals surface area contributed by atoms with Gasteiger partial charge in [-0.2, -0.15) is 0 Å². The number of amides is 1. The molecule has 0 bridgehead atoms. The standard InChI is InChI=1S/C25H47NO4/c1-4-7-8-9-10-11-12-13-14-15-16-17-18-19-22-29-24(27)23(20-5-2)26-25(28)30-21-6-3/h6,23H,3-5,7-22H2,1-2H3,(H,26,28). The number of ether oxygens (including phenoxy) is 2. The van der Waals surface area contributed by atoms with Crippen molar-refractivity contribution in [3.8, 4) is 0 Å². The first-order valence-corrected chi connectivity index (χ1v) is 12.4. The Bertz CT molecular complexity index is 425. The molecule has 0 aromatic rings. The lowest BCUT2D eigenvalue weighted by Gasteiger charge is -2.16. The highest BCUT2D eigenvalue weighted by atomic mass is 16.6. The van der Waals surface area contributed by atoms with Gasteiger partial charge >= 0.3 is 12.1 Å². The lowest BCUT2D eigenvalue weighted by molar-refractivity contribution is -0.146. The van der Waals surface area contributed by atoms with Crippen LogP contribution in [0.1, 0.15) is 117 Å². The van der Waals surface area contributed by atoms with Crippen LogP contribution in [0.25, 0.3) is 0 Å². The van der Waals surface area contributed by atoms with Gasteiger partial charge in [-0.3, -0.25) is 0 Å². The molecule has 5 nitrogen and oxygen atoms in total. The first kappa shape index (κ1) is 28.5. The molecule has 0 spiro atoms. The number of unbranched alkanes of at least 4 members (excludes halogenated alkanes) is 13. The zero-order chi connectivity index (χ0) is 22.3. The normalized spacial score (nSPS) is 11.7. The Morgan fingerprint density at radius 2 is 1.27 bits per heavy atom. The van der Waals surface area contributed by atoms with Crippen LogP contribution in [0, 0.1) is 0 Å². The van der Waals surface area contributed by atoms with Crippen molar-refractivity contribution in [2.75, 3.05) is 13.2 Å². The van der Waals surface area contributed by atoms with Gasteiger partial charge in [-0.25, -0.2) is 9.59 Å². The van der Waals surface area contributed by atoms with Gasteiger partial charge in [0.05, 0.1) is 6.61 Å². The second kappa shape index (κ2) is 22.2. The highest BCUT2D eigenvalue weighted by Crippen LogP contribution is 2.13. The Morgan fingerprint density at radius 1 is 0.767 bits per heavy atom. The fraction of sp³-hybridized carbons (Fsp3) is 0.840. The minimum absolute atomic E-state index is 0.124. The molecule has 1 atom stereocenters. The van der Waals surface area contributed by atoms with E-state index in [1.165, 1.54) is 83.1 Å². The molecular formula is C25H47NO4. The first-order valence-electron chi connectivity index (χ1n) is 12.4. The molecule has 0 rings (SSSR count). The highest BCUT2D eigenvalue weighted by molar-refractivity contribution is 5.81. The van der Waals surface area contributed by atoms with Gasteiger partial charge in [0, 0.05) is 0 Å². The fourth-order valence-electron chi connectivity index (χ4n) is 3.43. The van der Waals surface area contributed by atoms with Crippen LogP contribution >= 0.6 is 0 Å². The molecule has 0 aliphatic carbocycles. The molecule has 0 heterocycles. The number of hydrogen-bond acceptors (Lipinski definition) is 4. The van der Waals surface area contributed by atoms with E-state index >= 15 is 0 Å². The molecule has 1 unspecified atom stereocenters.